The zero-order valence-corrected chi connectivity index (χ0v) is 19.4. The molecule has 1 atom stereocenters. The molecule has 0 radical (unpaired) electrons. The number of hydrogen-bond acceptors (Lipinski definition) is 4. The Kier molecular flexibility index (Phi) is 15.4. The number of anilines is 2. The van der Waals surface area contributed by atoms with E-state index in [1.165, 1.54) is 7.05 Å². The van der Waals surface area contributed by atoms with Crippen molar-refractivity contribution >= 4 is 30.1 Å². The second-order valence-electron chi connectivity index (χ2n) is 6.25. The smallest absolute Gasteiger partial charge is 0.249 e. The molecule has 7 heteroatoms. The van der Waals surface area contributed by atoms with Gasteiger partial charge in [-0.25, -0.2) is 4.39 Å². The minimum absolute atomic E-state index is 0.0528. The monoisotopic (exact) mass is 411 g/mol. The van der Waals surface area contributed by atoms with E-state index < -0.39 is 17.8 Å². The van der Waals surface area contributed by atoms with Gasteiger partial charge in [-0.1, -0.05) is 61.0 Å². The summed E-state index contributed by atoms with van der Waals surface area (Å²) in [4.78, 5) is 36.8. The lowest BCUT2D eigenvalue weighted by Crippen LogP contribution is -2.45. The number of amides is 3. The van der Waals surface area contributed by atoms with E-state index in [9.17, 15) is 18.8 Å². The molecule has 29 heavy (non-hydrogen) atoms. The zero-order valence-electron chi connectivity index (χ0n) is 19.4. The van der Waals surface area contributed by atoms with E-state index in [4.69, 9.17) is 0 Å². The predicted molar refractivity (Wildman–Crippen MR) is 119 cm³/mol. The molecule has 6 nitrogen and oxygen atoms in total. The van der Waals surface area contributed by atoms with Crippen LogP contribution < -0.4 is 15.1 Å². The molecule has 0 aromatic heterocycles. The number of likely N-dealkylation sites (N-methyl/N-ethyl adjacent to an activating group) is 1. The van der Waals surface area contributed by atoms with Gasteiger partial charge in [-0.2, -0.15) is 0 Å². The summed E-state index contributed by atoms with van der Waals surface area (Å²) in [6.45, 7) is 13.6. The van der Waals surface area contributed by atoms with E-state index in [2.05, 4.69) is 5.32 Å². The van der Waals surface area contributed by atoms with E-state index in [-0.39, 0.29) is 11.6 Å². The number of benzene rings is 1. The quantitative estimate of drug-likeness (QED) is 0.609. The van der Waals surface area contributed by atoms with Gasteiger partial charge in [-0.05, 0) is 24.0 Å². The number of hydrogen-bond donors (Lipinski definition) is 1. The Morgan fingerprint density at radius 3 is 2.10 bits per heavy atom. The van der Waals surface area contributed by atoms with Crippen LogP contribution in [0.3, 0.4) is 0 Å². The van der Waals surface area contributed by atoms with Gasteiger partial charge in [-0.15, -0.1) is 0 Å². The molecule has 3 amide bonds. The molecule has 0 saturated carbocycles. The van der Waals surface area contributed by atoms with E-state index in [0.717, 1.165) is 4.90 Å². The van der Waals surface area contributed by atoms with Gasteiger partial charge >= 0.3 is 0 Å². The highest BCUT2D eigenvalue weighted by atomic mass is 19.1. The first-order valence-electron chi connectivity index (χ1n) is 10.3. The highest BCUT2D eigenvalue weighted by Crippen LogP contribution is 2.36. The fourth-order valence-corrected chi connectivity index (χ4v) is 2.78. The first-order valence-corrected chi connectivity index (χ1v) is 10.3. The molecule has 1 unspecified atom stereocenters. The third-order valence-electron chi connectivity index (χ3n) is 4.17. The van der Waals surface area contributed by atoms with E-state index >= 15 is 0 Å². The lowest BCUT2D eigenvalue weighted by Gasteiger charge is -2.32. The van der Waals surface area contributed by atoms with Crippen LogP contribution in [0.25, 0.3) is 0 Å². The van der Waals surface area contributed by atoms with Crippen molar-refractivity contribution in [3.8, 4) is 0 Å². The number of carbonyl (C=O) groups excluding carboxylic acids is 3. The van der Waals surface area contributed by atoms with Crippen LogP contribution in [0, 0.1) is 5.82 Å². The summed E-state index contributed by atoms with van der Waals surface area (Å²) in [5, 5.41) is 2.15. The van der Waals surface area contributed by atoms with Crippen molar-refractivity contribution in [1.82, 2.24) is 5.32 Å². The van der Waals surface area contributed by atoms with Gasteiger partial charge in [0.1, 0.15) is 11.7 Å². The SMILES string of the molecule is CC.CC.CCCC(C(=O)NC=O)N(C)c1ccc(C(C)C)c(F)c1N(C)C=O. The third-order valence-corrected chi connectivity index (χ3v) is 4.17. The average molecular weight is 412 g/mol. The summed E-state index contributed by atoms with van der Waals surface area (Å²) >= 11 is 0. The van der Waals surface area contributed by atoms with Crippen LogP contribution in [0.5, 0.6) is 0 Å². The summed E-state index contributed by atoms with van der Waals surface area (Å²) in [6, 6.07) is 2.71. The highest BCUT2D eigenvalue weighted by Gasteiger charge is 2.27. The molecule has 0 aliphatic rings. The van der Waals surface area contributed by atoms with E-state index in [1.54, 1.807) is 24.1 Å². The van der Waals surface area contributed by atoms with Gasteiger partial charge in [-0.3, -0.25) is 19.7 Å². The molecule has 1 aromatic carbocycles. The molecule has 1 N–H and O–H groups in total. The molecule has 1 aromatic rings. The van der Waals surface area contributed by atoms with Crippen molar-refractivity contribution in [2.45, 2.75) is 73.3 Å². The molecular weight excluding hydrogens is 373 g/mol. The molecule has 0 saturated heterocycles. The highest BCUT2D eigenvalue weighted by molar-refractivity contribution is 5.94. The van der Waals surface area contributed by atoms with Crippen molar-refractivity contribution in [2.24, 2.45) is 0 Å². The Hall–Kier alpha value is -2.44. The van der Waals surface area contributed by atoms with Gasteiger partial charge in [0, 0.05) is 14.1 Å². The number of nitrogens with one attached hydrogen (secondary N) is 1. The molecule has 0 fully saturated rings. The van der Waals surface area contributed by atoms with Crippen molar-refractivity contribution in [3.05, 3.63) is 23.5 Å². The molecule has 0 bridgehead atoms. The molecule has 0 spiro atoms. The van der Waals surface area contributed by atoms with Crippen LogP contribution in [0.4, 0.5) is 15.8 Å². The minimum atomic E-state index is -0.654. The van der Waals surface area contributed by atoms with Gasteiger partial charge in [0.2, 0.25) is 18.7 Å². The average Bonchev–Trinajstić information content (AvgIpc) is 2.73. The summed E-state index contributed by atoms with van der Waals surface area (Å²) in [5.74, 6) is -1.00. The lowest BCUT2D eigenvalue weighted by atomic mass is 9.99. The van der Waals surface area contributed by atoms with Crippen molar-refractivity contribution in [1.29, 1.82) is 0 Å². The van der Waals surface area contributed by atoms with Crippen molar-refractivity contribution in [2.75, 3.05) is 23.9 Å². The van der Waals surface area contributed by atoms with Gasteiger partial charge in [0.05, 0.1) is 5.69 Å². The third kappa shape index (κ3) is 7.83. The number of carbonyl (C=O) groups is 3. The van der Waals surface area contributed by atoms with Crippen LogP contribution in [-0.2, 0) is 14.4 Å². The largest absolute Gasteiger partial charge is 0.361 e. The summed E-state index contributed by atoms with van der Waals surface area (Å²) in [7, 11) is 3.11. The maximum Gasteiger partial charge on any atom is 0.249 e. The predicted octanol–water partition coefficient (Wildman–Crippen LogP) is 4.47. The van der Waals surface area contributed by atoms with Crippen LogP contribution in [0.15, 0.2) is 12.1 Å². The molecular formula is C22H38FN3O3. The fourth-order valence-electron chi connectivity index (χ4n) is 2.78. The minimum Gasteiger partial charge on any atom is -0.361 e. The van der Waals surface area contributed by atoms with Crippen molar-refractivity contribution < 1.29 is 18.8 Å². The summed E-state index contributed by atoms with van der Waals surface area (Å²) < 4.78 is 15.0. The topological polar surface area (TPSA) is 69.7 Å². The van der Waals surface area contributed by atoms with E-state index in [1.807, 2.05) is 48.5 Å². The van der Waals surface area contributed by atoms with Gasteiger partial charge < -0.3 is 9.80 Å². The normalized spacial score (nSPS) is 10.6. The second-order valence-corrected chi connectivity index (χ2v) is 6.25. The Morgan fingerprint density at radius 2 is 1.69 bits per heavy atom. The Bertz CT molecular complexity index is 636. The Morgan fingerprint density at radius 1 is 1.14 bits per heavy atom. The Balaban J connectivity index is 0. The van der Waals surface area contributed by atoms with Gasteiger partial charge in [0.15, 0.2) is 5.82 Å². The second kappa shape index (κ2) is 15.5. The van der Waals surface area contributed by atoms with Crippen molar-refractivity contribution in [3.63, 3.8) is 0 Å². The molecule has 0 aliphatic carbocycles. The number of rotatable bonds is 9. The van der Waals surface area contributed by atoms with Crippen LogP contribution in [0.2, 0.25) is 0 Å². The Labute approximate surface area is 175 Å². The number of halogens is 1. The van der Waals surface area contributed by atoms with Crippen LogP contribution in [-0.4, -0.2) is 38.9 Å². The maximum atomic E-state index is 15.0. The maximum absolute atomic E-state index is 15.0. The molecule has 166 valence electrons. The zero-order chi connectivity index (χ0) is 23.1. The van der Waals surface area contributed by atoms with Crippen LogP contribution >= 0.6 is 0 Å². The molecule has 1 rings (SSSR count). The first kappa shape index (κ1) is 28.8. The van der Waals surface area contributed by atoms with E-state index in [0.29, 0.717) is 36.9 Å². The summed E-state index contributed by atoms with van der Waals surface area (Å²) in [5.41, 5.74) is 1.02. The number of nitrogens with zero attached hydrogens (tertiary/aromatic N) is 2. The summed E-state index contributed by atoms with van der Waals surface area (Å²) in [6.07, 6.45) is 2.04. The lowest BCUT2D eigenvalue weighted by molar-refractivity contribution is -0.126. The standard InChI is InChI=1S/C18H26FN3O3.2C2H6/c1-6-7-15(18(25)20-10-23)22(5)14-9-8-13(12(2)3)16(19)17(14)21(4)11-24;2*1-2/h8-12,15H,6-7H2,1-5H3,(H,20,23,25);2*1-2H3. The first-order chi connectivity index (χ1) is 13.8. The molecule has 0 heterocycles. The number of imide groups is 1. The van der Waals surface area contributed by atoms with Crippen LogP contribution in [0.1, 0.15) is 72.8 Å². The van der Waals surface area contributed by atoms with Gasteiger partial charge in [0.25, 0.3) is 0 Å². The molecule has 0 aliphatic heterocycles. The fraction of sp³-hybridized carbons (Fsp3) is 0.591.